The number of rotatable bonds is 5. The molecule has 2 rings (SSSR count). The topological polar surface area (TPSA) is 37.8 Å². The molecule has 0 aliphatic heterocycles. The van der Waals surface area contributed by atoms with E-state index in [-0.39, 0.29) is 0 Å². The van der Waals surface area contributed by atoms with Crippen molar-refractivity contribution in [3.63, 3.8) is 0 Å². The molecule has 0 aliphatic carbocycles. The molecule has 20 heavy (non-hydrogen) atoms. The molecule has 0 saturated carbocycles. The summed E-state index contributed by atoms with van der Waals surface area (Å²) in [6, 6.07) is 10.3. The highest BCUT2D eigenvalue weighted by atomic mass is 15.0. The van der Waals surface area contributed by atoms with Gasteiger partial charge in [0.05, 0.1) is 5.69 Å². The lowest BCUT2D eigenvalue weighted by Gasteiger charge is -2.13. The lowest BCUT2D eigenvalue weighted by Crippen LogP contribution is -2.06. The van der Waals surface area contributed by atoms with Gasteiger partial charge in [0.25, 0.3) is 0 Å². The quantitative estimate of drug-likeness (QED) is 0.888. The summed E-state index contributed by atoms with van der Waals surface area (Å²) < 4.78 is 0. The maximum absolute atomic E-state index is 4.77. The fraction of sp³-hybridized carbons (Fsp3) is 0.412. The van der Waals surface area contributed by atoms with Gasteiger partial charge in [-0.3, -0.25) is 0 Å². The van der Waals surface area contributed by atoms with Crippen molar-refractivity contribution in [3.8, 4) is 11.3 Å². The van der Waals surface area contributed by atoms with Crippen molar-refractivity contribution >= 4 is 5.82 Å². The molecule has 0 fully saturated rings. The van der Waals surface area contributed by atoms with Crippen molar-refractivity contribution in [1.29, 1.82) is 0 Å². The zero-order valence-corrected chi connectivity index (χ0v) is 12.8. The molecule has 0 atom stereocenters. The summed E-state index contributed by atoms with van der Waals surface area (Å²) >= 11 is 0. The summed E-state index contributed by atoms with van der Waals surface area (Å²) in [5.74, 6) is 2.52. The third-order valence-corrected chi connectivity index (χ3v) is 3.42. The van der Waals surface area contributed by atoms with E-state index in [1.165, 1.54) is 0 Å². The minimum atomic E-state index is 0.665. The Morgan fingerprint density at radius 2 is 1.80 bits per heavy atom. The molecule has 1 N–H and O–H groups in total. The van der Waals surface area contributed by atoms with Crippen molar-refractivity contribution in [2.75, 3.05) is 12.4 Å². The van der Waals surface area contributed by atoms with Crippen LogP contribution in [-0.2, 0) is 6.42 Å². The molecule has 3 nitrogen and oxygen atoms in total. The van der Waals surface area contributed by atoms with Gasteiger partial charge in [0.2, 0.25) is 0 Å². The van der Waals surface area contributed by atoms with E-state index >= 15 is 0 Å². The Hall–Kier alpha value is -1.90. The van der Waals surface area contributed by atoms with E-state index in [4.69, 9.17) is 4.98 Å². The minimum absolute atomic E-state index is 0.665. The first-order valence-electron chi connectivity index (χ1n) is 7.22. The molecule has 0 spiro atoms. The van der Waals surface area contributed by atoms with Crippen LogP contribution in [0.1, 0.15) is 31.7 Å². The van der Waals surface area contributed by atoms with E-state index in [9.17, 15) is 0 Å². The van der Waals surface area contributed by atoms with E-state index in [2.05, 4.69) is 43.2 Å². The van der Waals surface area contributed by atoms with Gasteiger partial charge in [-0.1, -0.05) is 44.2 Å². The second-order valence-electron chi connectivity index (χ2n) is 5.51. The molecule has 3 heteroatoms. The van der Waals surface area contributed by atoms with Crippen LogP contribution in [0.2, 0.25) is 0 Å². The SMILES string of the molecule is CNc1nc(CCC(C)C)nc(-c2ccccc2)c1C. The van der Waals surface area contributed by atoms with Crippen LogP contribution in [0.15, 0.2) is 30.3 Å². The van der Waals surface area contributed by atoms with E-state index in [0.29, 0.717) is 5.92 Å². The molecule has 1 aromatic carbocycles. The number of benzene rings is 1. The molecule has 0 aliphatic rings. The Morgan fingerprint density at radius 1 is 1.10 bits per heavy atom. The lowest BCUT2D eigenvalue weighted by molar-refractivity contribution is 0.575. The van der Waals surface area contributed by atoms with Crippen LogP contribution in [0.5, 0.6) is 0 Å². The maximum atomic E-state index is 4.77. The average Bonchev–Trinajstić information content (AvgIpc) is 2.47. The number of aromatic nitrogens is 2. The Bertz CT molecular complexity index is 562. The van der Waals surface area contributed by atoms with Crippen LogP contribution >= 0.6 is 0 Å². The minimum Gasteiger partial charge on any atom is -0.373 e. The predicted molar refractivity (Wildman–Crippen MR) is 84.9 cm³/mol. The van der Waals surface area contributed by atoms with Gasteiger partial charge in [0.1, 0.15) is 11.6 Å². The number of hydrogen-bond donors (Lipinski definition) is 1. The number of aryl methyl sites for hydroxylation is 1. The number of anilines is 1. The Kier molecular flexibility index (Phi) is 4.72. The molecule has 1 heterocycles. The molecule has 1 aromatic heterocycles. The van der Waals surface area contributed by atoms with Crippen molar-refractivity contribution in [2.45, 2.75) is 33.6 Å². The molecule has 106 valence electrons. The third kappa shape index (κ3) is 3.35. The largest absolute Gasteiger partial charge is 0.373 e. The summed E-state index contributed by atoms with van der Waals surface area (Å²) in [4.78, 5) is 9.40. The lowest BCUT2D eigenvalue weighted by atomic mass is 10.1. The first-order chi connectivity index (χ1) is 9.61. The van der Waals surface area contributed by atoms with Crippen LogP contribution in [0, 0.1) is 12.8 Å². The highest BCUT2D eigenvalue weighted by Crippen LogP contribution is 2.25. The average molecular weight is 269 g/mol. The highest BCUT2D eigenvalue weighted by Gasteiger charge is 2.11. The van der Waals surface area contributed by atoms with Crippen LogP contribution in [0.4, 0.5) is 5.82 Å². The summed E-state index contributed by atoms with van der Waals surface area (Å²) in [6.07, 6.45) is 2.03. The normalized spacial score (nSPS) is 10.8. The van der Waals surface area contributed by atoms with Crippen LogP contribution in [-0.4, -0.2) is 17.0 Å². The van der Waals surface area contributed by atoms with Gasteiger partial charge in [0.15, 0.2) is 0 Å². The molecule has 0 amide bonds. The molecule has 0 saturated heterocycles. The second-order valence-corrected chi connectivity index (χ2v) is 5.51. The summed E-state index contributed by atoms with van der Waals surface area (Å²) in [7, 11) is 1.91. The zero-order chi connectivity index (χ0) is 14.5. The number of nitrogens with one attached hydrogen (secondary N) is 1. The molecule has 2 aromatic rings. The number of nitrogens with zero attached hydrogens (tertiary/aromatic N) is 2. The van der Waals surface area contributed by atoms with E-state index in [0.717, 1.165) is 41.3 Å². The van der Waals surface area contributed by atoms with Gasteiger partial charge in [-0.05, 0) is 19.3 Å². The van der Waals surface area contributed by atoms with Gasteiger partial charge in [-0.15, -0.1) is 0 Å². The Balaban J connectivity index is 2.42. The van der Waals surface area contributed by atoms with Gasteiger partial charge >= 0.3 is 0 Å². The maximum Gasteiger partial charge on any atom is 0.132 e. The summed E-state index contributed by atoms with van der Waals surface area (Å²) in [5.41, 5.74) is 3.28. The van der Waals surface area contributed by atoms with E-state index in [1.54, 1.807) is 0 Å². The highest BCUT2D eigenvalue weighted by molar-refractivity contribution is 5.67. The van der Waals surface area contributed by atoms with Crippen LogP contribution < -0.4 is 5.32 Å². The summed E-state index contributed by atoms with van der Waals surface area (Å²) in [6.45, 7) is 6.52. The van der Waals surface area contributed by atoms with Crippen LogP contribution in [0.25, 0.3) is 11.3 Å². The molecular weight excluding hydrogens is 246 g/mol. The van der Waals surface area contributed by atoms with E-state index in [1.807, 2.05) is 25.2 Å². The predicted octanol–water partition coefficient (Wildman–Crippen LogP) is 4.08. The molecule has 0 unspecified atom stereocenters. The summed E-state index contributed by atoms with van der Waals surface area (Å²) in [5, 5.41) is 3.18. The van der Waals surface area contributed by atoms with Crippen molar-refractivity contribution in [2.24, 2.45) is 5.92 Å². The van der Waals surface area contributed by atoms with Crippen molar-refractivity contribution < 1.29 is 0 Å². The molecule has 0 radical (unpaired) electrons. The monoisotopic (exact) mass is 269 g/mol. The fourth-order valence-electron chi connectivity index (χ4n) is 2.21. The second kappa shape index (κ2) is 6.51. The molecule has 0 bridgehead atoms. The van der Waals surface area contributed by atoms with Crippen molar-refractivity contribution in [3.05, 3.63) is 41.7 Å². The first-order valence-corrected chi connectivity index (χ1v) is 7.22. The van der Waals surface area contributed by atoms with Gasteiger partial charge in [0, 0.05) is 24.6 Å². The third-order valence-electron chi connectivity index (χ3n) is 3.42. The van der Waals surface area contributed by atoms with Gasteiger partial charge < -0.3 is 5.32 Å². The number of hydrogen-bond acceptors (Lipinski definition) is 3. The molecular formula is C17H23N3. The Labute approximate surface area is 121 Å². The van der Waals surface area contributed by atoms with Gasteiger partial charge in [-0.25, -0.2) is 9.97 Å². The Morgan fingerprint density at radius 3 is 2.40 bits per heavy atom. The first kappa shape index (κ1) is 14.5. The smallest absolute Gasteiger partial charge is 0.132 e. The fourth-order valence-corrected chi connectivity index (χ4v) is 2.21. The van der Waals surface area contributed by atoms with Crippen LogP contribution in [0.3, 0.4) is 0 Å². The van der Waals surface area contributed by atoms with Gasteiger partial charge in [-0.2, -0.15) is 0 Å². The van der Waals surface area contributed by atoms with Crippen molar-refractivity contribution in [1.82, 2.24) is 9.97 Å². The zero-order valence-electron chi connectivity index (χ0n) is 12.8. The van der Waals surface area contributed by atoms with E-state index < -0.39 is 0 Å². The standard InChI is InChI=1S/C17H23N3/c1-12(2)10-11-15-19-16(13(3)17(18-4)20-15)14-8-6-5-7-9-14/h5-9,12H,10-11H2,1-4H3,(H,18,19,20).